The molecule has 0 spiro atoms. The number of ether oxygens (including phenoxy) is 3. The van der Waals surface area contributed by atoms with Crippen LogP contribution in [0.25, 0.3) is 0 Å². The summed E-state index contributed by atoms with van der Waals surface area (Å²) in [6.45, 7) is 1.05. The fraction of sp³-hybridized carbons (Fsp3) is 0.143. The lowest BCUT2D eigenvalue weighted by molar-refractivity contribution is -0.115. The summed E-state index contributed by atoms with van der Waals surface area (Å²) in [5.41, 5.74) is 1.36. The van der Waals surface area contributed by atoms with Crippen molar-refractivity contribution in [3.8, 4) is 23.1 Å². The van der Waals surface area contributed by atoms with Gasteiger partial charge >= 0.3 is 0 Å². The van der Waals surface area contributed by atoms with Crippen molar-refractivity contribution in [1.29, 1.82) is 0 Å². The third-order valence-electron chi connectivity index (χ3n) is 3.97. The third kappa shape index (κ3) is 4.17. The summed E-state index contributed by atoms with van der Waals surface area (Å²) in [6, 6.07) is 18.3. The van der Waals surface area contributed by atoms with Crippen LogP contribution in [-0.4, -0.2) is 24.1 Å². The molecule has 2 aromatic carbocycles. The zero-order valence-corrected chi connectivity index (χ0v) is 14.6. The molecule has 0 saturated heterocycles. The maximum Gasteiger partial charge on any atom is 0.243 e. The number of aromatic nitrogens is 1. The van der Waals surface area contributed by atoms with E-state index in [0.717, 1.165) is 5.56 Å². The molecule has 1 amide bonds. The van der Waals surface area contributed by atoms with Crippen LogP contribution in [0, 0.1) is 0 Å². The highest BCUT2D eigenvalue weighted by molar-refractivity contribution is 5.93. The van der Waals surface area contributed by atoms with Gasteiger partial charge in [0.25, 0.3) is 0 Å². The first-order valence-electron chi connectivity index (χ1n) is 8.64. The second-order valence-electron chi connectivity index (χ2n) is 5.97. The number of carbonyl (C=O) groups is 1. The molecule has 27 heavy (non-hydrogen) atoms. The Morgan fingerprint density at radius 2 is 1.81 bits per heavy atom. The highest BCUT2D eigenvalue weighted by Gasteiger charge is 2.14. The van der Waals surface area contributed by atoms with E-state index in [1.54, 1.807) is 18.3 Å². The van der Waals surface area contributed by atoms with E-state index in [4.69, 9.17) is 14.2 Å². The molecule has 0 radical (unpaired) electrons. The van der Waals surface area contributed by atoms with E-state index in [9.17, 15) is 4.79 Å². The van der Waals surface area contributed by atoms with Gasteiger partial charge in [-0.1, -0.05) is 24.3 Å². The predicted octanol–water partition coefficient (Wildman–Crippen LogP) is 3.83. The van der Waals surface area contributed by atoms with Crippen molar-refractivity contribution >= 4 is 11.6 Å². The SMILES string of the molecule is O=C(Cc1ccc2c(c1)OCCO2)Nc1cccnc1Oc1ccccc1. The Balaban J connectivity index is 1.45. The largest absolute Gasteiger partial charge is 0.486 e. The summed E-state index contributed by atoms with van der Waals surface area (Å²) >= 11 is 0. The van der Waals surface area contributed by atoms with E-state index in [-0.39, 0.29) is 12.3 Å². The topological polar surface area (TPSA) is 69.7 Å². The maximum absolute atomic E-state index is 12.5. The molecule has 4 rings (SSSR count). The molecular weight excluding hydrogens is 344 g/mol. The maximum atomic E-state index is 12.5. The lowest BCUT2D eigenvalue weighted by Gasteiger charge is -2.18. The highest BCUT2D eigenvalue weighted by Crippen LogP contribution is 2.31. The Hall–Kier alpha value is -3.54. The third-order valence-corrected chi connectivity index (χ3v) is 3.97. The number of nitrogens with zero attached hydrogens (tertiary/aromatic N) is 1. The van der Waals surface area contributed by atoms with Crippen molar-refractivity contribution in [2.75, 3.05) is 18.5 Å². The van der Waals surface area contributed by atoms with Crippen LogP contribution < -0.4 is 19.5 Å². The average Bonchev–Trinajstić information content (AvgIpc) is 2.70. The Kier molecular flexibility index (Phi) is 4.87. The molecule has 2 heterocycles. The zero-order valence-electron chi connectivity index (χ0n) is 14.6. The van der Waals surface area contributed by atoms with Crippen molar-refractivity contribution in [1.82, 2.24) is 4.98 Å². The van der Waals surface area contributed by atoms with Crippen LogP contribution in [0.5, 0.6) is 23.1 Å². The van der Waals surface area contributed by atoms with Crippen molar-refractivity contribution in [3.63, 3.8) is 0 Å². The molecule has 3 aromatic rings. The molecule has 1 aromatic heterocycles. The molecule has 1 N–H and O–H groups in total. The van der Waals surface area contributed by atoms with Crippen LogP contribution >= 0.6 is 0 Å². The van der Waals surface area contributed by atoms with Gasteiger partial charge in [0, 0.05) is 6.20 Å². The number of nitrogens with one attached hydrogen (secondary N) is 1. The van der Waals surface area contributed by atoms with E-state index >= 15 is 0 Å². The van der Waals surface area contributed by atoms with E-state index in [0.29, 0.717) is 42.0 Å². The van der Waals surface area contributed by atoms with Crippen molar-refractivity contribution in [2.24, 2.45) is 0 Å². The summed E-state index contributed by atoms with van der Waals surface area (Å²) in [7, 11) is 0. The van der Waals surface area contributed by atoms with Gasteiger partial charge in [0.15, 0.2) is 11.5 Å². The Morgan fingerprint density at radius 3 is 2.67 bits per heavy atom. The normalized spacial score (nSPS) is 12.3. The first-order valence-corrected chi connectivity index (χ1v) is 8.64. The van der Waals surface area contributed by atoms with E-state index in [1.165, 1.54) is 0 Å². The van der Waals surface area contributed by atoms with Crippen molar-refractivity contribution in [2.45, 2.75) is 6.42 Å². The summed E-state index contributed by atoms with van der Waals surface area (Å²) in [4.78, 5) is 16.7. The van der Waals surface area contributed by atoms with E-state index < -0.39 is 0 Å². The second-order valence-corrected chi connectivity index (χ2v) is 5.97. The summed E-state index contributed by atoms with van der Waals surface area (Å²) < 4.78 is 16.8. The van der Waals surface area contributed by atoms with Gasteiger partial charge in [0.2, 0.25) is 11.8 Å². The molecule has 0 fully saturated rings. The minimum atomic E-state index is -0.169. The van der Waals surface area contributed by atoms with Crippen LogP contribution in [-0.2, 0) is 11.2 Å². The second kappa shape index (κ2) is 7.78. The first-order chi connectivity index (χ1) is 13.3. The van der Waals surface area contributed by atoms with Crippen molar-refractivity contribution in [3.05, 3.63) is 72.4 Å². The van der Waals surface area contributed by atoms with Crippen LogP contribution in [0.15, 0.2) is 66.9 Å². The standard InChI is InChI=1S/C21H18N2O4/c24-20(14-15-8-9-18-19(13-15)26-12-11-25-18)23-17-7-4-10-22-21(17)27-16-5-2-1-3-6-16/h1-10,13H,11-12,14H2,(H,23,24). The van der Waals surface area contributed by atoms with Gasteiger partial charge in [-0.3, -0.25) is 4.79 Å². The fourth-order valence-corrected chi connectivity index (χ4v) is 2.74. The number of carbonyl (C=O) groups excluding carboxylic acids is 1. The highest BCUT2D eigenvalue weighted by atomic mass is 16.6. The minimum Gasteiger partial charge on any atom is -0.486 e. The molecule has 1 aliphatic heterocycles. The number of hydrogen-bond donors (Lipinski definition) is 1. The lowest BCUT2D eigenvalue weighted by atomic mass is 10.1. The molecule has 0 atom stereocenters. The summed E-state index contributed by atoms with van der Waals surface area (Å²) in [6.07, 6.45) is 1.82. The molecule has 6 heteroatoms. The average molecular weight is 362 g/mol. The van der Waals surface area contributed by atoms with E-state index in [2.05, 4.69) is 10.3 Å². The Labute approximate surface area is 156 Å². The smallest absolute Gasteiger partial charge is 0.243 e. The van der Waals surface area contributed by atoms with Gasteiger partial charge in [-0.2, -0.15) is 0 Å². The Bertz CT molecular complexity index is 944. The van der Waals surface area contributed by atoms with Crippen LogP contribution in [0.2, 0.25) is 0 Å². The fourth-order valence-electron chi connectivity index (χ4n) is 2.74. The summed E-state index contributed by atoms with van der Waals surface area (Å²) in [5.74, 6) is 2.20. The number of pyridine rings is 1. The summed E-state index contributed by atoms with van der Waals surface area (Å²) in [5, 5.41) is 2.86. The molecule has 0 aliphatic carbocycles. The number of amides is 1. The number of benzene rings is 2. The number of anilines is 1. The van der Waals surface area contributed by atoms with Gasteiger partial charge in [0.1, 0.15) is 24.7 Å². The van der Waals surface area contributed by atoms with Crippen molar-refractivity contribution < 1.29 is 19.0 Å². The molecule has 6 nitrogen and oxygen atoms in total. The van der Waals surface area contributed by atoms with E-state index in [1.807, 2.05) is 48.5 Å². The lowest BCUT2D eigenvalue weighted by Crippen LogP contribution is -2.17. The predicted molar refractivity (Wildman–Crippen MR) is 101 cm³/mol. The van der Waals surface area contributed by atoms with Crippen LogP contribution in [0.1, 0.15) is 5.56 Å². The van der Waals surface area contributed by atoms with Crippen LogP contribution in [0.4, 0.5) is 5.69 Å². The quantitative estimate of drug-likeness (QED) is 0.747. The first kappa shape index (κ1) is 16.9. The van der Waals surface area contributed by atoms with Gasteiger partial charge in [-0.25, -0.2) is 4.98 Å². The molecule has 136 valence electrons. The number of rotatable bonds is 5. The van der Waals surface area contributed by atoms with Crippen LogP contribution in [0.3, 0.4) is 0 Å². The monoisotopic (exact) mass is 362 g/mol. The molecule has 0 saturated carbocycles. The molecule has 0 unspecified atom stereocenters. The number of hydrogen-bond acceptors (Lipinski definition) is 5. The molecule has 1 aliphatic rings. The molecular formula is C21H18N2O4. The number of fused-ring (bicyclic) bond motifs is 1. The number of para-hydroxylation sites is 1. The Morgan fingerprint density at radius 1 is 1.00 bits per heavy atom. The zero-order chi connectivity index (χ0) is 18.5. The minimum absolute atomic E-state index is 0.169. The van der Waals surface area contributed by atoms with Gasteiger partial charge in [-0.05, 0) is 42.0 Å². The van der Waals surface area contributed by atoms with Gasteiger partial charge < -0.3 is 19.5 Å². The van der Waals surface area contributed by atoms with Gasteiger partial charge in [0.05, 0.1) is 6.42 Å². The van der Waals surface area contributed by atoms with Gasteiger partial charge in [-0.15, -0.1) is 0 Å². The molecule has 0 bridgehead atoms.